The van der Waals surface area contributed by atoms with Crippen LogP contribution in [0.15, 0.2) is 5.16 Å². The number of carbonyl (C=O) groups excluding carboxylic acids is 2. The number of esters is 1. The molecule has 0 aromatic heterocycles. The largest absolute Gasteiger partial charge is 0.461 e. The number of rotatable bonds is 5. The maximum atomic E-state index is 11.4. The number of oxime groups is 1. The van der Waals surface area contributed by atoms with E-state index < -0.39 is 11.8 Å². The van der Waals surface area contributed by atoms with Gasteiger partial charge in [0.05, 0.1) is 6.61 Å². The van der Waals surface area contributed by atoms with E-state index in [1.807, 2.05) is 11.8 Å². The number of hydrogen-bond acceptors (Lipinski definition) is 6. The Balaban J connectivity index is 2.56. The molecular formula is C11H17NO4S. The third-order valence-electron chi connectivity index (χ3n) is 2.26. The number of Topliss-reactive ketones (excluding diaryl/α,β-unsaturated/α-hetero) is 1. The lowest BCUT2D eigenvalue weighted by molar-refractivity contribution is -0.136. The van der Waals surface area contributed by atoms with E-state index in [0.717, 1.165) is 24.3 Å². The minimum atomic E-state index is -0.717. The summed E-state index contributed by atoms with van der Waals surface area (Å²) >= 11 is 1.87. The summed E-state index contributed by atoms with van der Waals surface area (Å²) in [6.07, 6.45) is 1.78. The number of hydrogen-bond donors (Lipinski definition) is 0. The first kappa shape index (κ1) is 14.0. The molecule has 0 aromatic rings. The predicted octanol–water partition coefficient (Wildman–Crippen LogP) is 1.41. The lowest BCUT2D eigenvalue weighted by Crippen LogP contribution is -2.26. The van der Waals surface area contributed by atoms with E-state index in [2.05, 4.69) is 5.16 Å². The van der Waals surface area contributed by atoms with E-state index in [-0.39, 0.29) is 18.4 Å². The van der Waals surface area contributed by atoms with Crippen molar-refractivity contribution in [3.05, 3.63) is 0 Å². The zero-order valence-corrected chi connectivity index (χ0v) is 10.9. The van der Waals surface area contributed by atoms with Gasteiger partial charge in [0.2, 0.25) is 5.71 Å². The fourth-order valence-electron chi connectivity index (χ4n) is 1.35. The predicted molar refractivity (Wildman–Crippen MR) is 66.2 cm³/mol. The normalized spacial score (nSPS) is 17.6. The molecule has 0 bridgehead atoms. The van der Waals surface area contributed by atoms with Crippen LogP contribution in [0.5, 0.6) is 0 Å². The van der Waals surface area contributed by atoms with Crippen molar-refractivity contribution < 1.29 is 19.2 Å². The van der Waals surface area contributed by atoms with Crippen LogP contribution in [0.1, 0.15) is 26.7 Å². The van der Waals surface area contributed by atoms with E-state index in [9.17, 15) is 9.59 Å². The monoisotopic (exact) mass is 259 g/mol. The van der Waals surface area contributed by atoms with Crippen LogP contribution >= 0.6 is 11.8 Å². The Morgan fingerprint density at radius 2 is 2.00 bits per heavy atom. The van der Waals surface area contributed by atoms with E-state index >= 15 is 0 Å². The molecule has 0 spiro atoms. The van der Waals surface area contributed by atoms with Gasteiger partial charge in [-0.15, -0.1) is 0 Å². The topological polar surface area (TPSA) is 65.0 Å². The van der Waals surface area contributed by atoms with Gasteiger partial charge in [0, 0.05) is 6.92 Å². The first-order valence-electron chi connectivity index (χ1n) is 5.64. The summed E-state index contributed by atoms with van der Waals surface area (Å²) in [6.45, 7) is 3.16. The second kappa shape index (κ2) is 7.32. The van der Waals surface area contributed by atoms with E-state index in [1.54, 1.807) is 6.92 Å². The maximum Gasteiger partial charge on any atom is 0.364 e. The van der Waals surface area contributed by atoms with Crippen molar-refractivity contribution >= 4 is 29.2 Å². The molecule has 1 aliphatic heterocycles. The highest BCUT2D eigenvalue weighted by Gasteiger charge is 2.21. The van der Waals surface area contributed by atoms with Gasteiger partial charge in [0.25, 0.3) is 0 Å². The SMILES string of the molecule is CCOC(=O)C(=NOC1CCSCC1)C(C)=O. The fraction of sp³-hybridized carbons (Fsp3) is 0.727. The molecule has 96 valence electrons. The molecule has 1 aliphatic rings. The molecule has 1 heterocycles. The third-order valence-corrected chi connectivity index (χ3v) is 3.31. The number of nitrogens with zero attached hydrogens (tertiary/aromatic N) is 1. The quantitative estimate of drug-likeness (QED) is 0.323. The van der Waals surface area contributed by atoms with Crippen molar-refractivity contribution in [2.45, 2.75) is 32.8 Å². The summed E-state index contributed by atoms with van der Waals surface area (Å²) in [5.74, 6) is 0.892. The van der Waals surface area contributed by atoms with Crippen LogP contribution in [0.4, 0.5) is 0 Å². The Bertz CT molecular complexity index is 311. The average molecular weight is 259 g/mol. The standard InChI is InChI=1S/C11H17NO4S/c1-3-15-11(14)10(8(2)13)12-16-9-4-6-17-7-5-9/h9H,3-7H2,1-2H3. The first-order chi connectivity index (χ1) is 8.15. The van der Waals surface area contributed by atoms with Crippen molar-refractivity contribution in [2.24, 2.45) is 5.16 Å². The summed E-state index contributed by atoms with van der Waals surface area (Å²) in [5, 5.41) is 3.65. The molecular weight excluding hydrogens is 242 g/mol. The molecule has 0 radical (unpaired) electrons. The van der Waals surface area contributed by atoms with Gasteiger partial charge in [0.1, 0.15) is 6.10 Å². The summed E-state index contributed by atoms with van der Waals surface area (Å²) < 4.78 is 4.73. The van der Waals surface area contributed by atoms with Crippen molar-refractivity contribution in [1.82, 2.24) is 0 Å². The lowest BCUT2D eigenvalue weighted by Gasteiger charge is -2.19. The Labute approximate surface area is 105 Å². The minimum absolute atomic E-state index is 0.0000246. The first-order valence-corrected chi connectivity index (χ1v) is 6.80. The van der Waals surface area contributed by atoms with Gasteiger partial charge in [-0.25, -0.2) is 4.79 Å². The van der Waals surface area contributed by atoms with E-state index in [1.165, 1.54) is 6.92 Å². The zero-order valence-electron chi connectivity index (χ0n) is 10.1. The van der Waals surface area contributed by atoms with Gasteiger partial charge in [-0.05, 0) is 31.3 Å². The highest BCUT2D eigenvalue weighted by Crippen LogP contribution is 2.19. The molecule has 1 rings (SSSR count). The number of ether oxygens (including phenoxy) is 1. The average Bonchev–Trinajstić information content (AvgIpc) is 2.30. The third kappa shape index (κ3) is 4.77. The second-order valence-electron chi connectivity index (χ2n) is 3.63. The molecule has 1 saturated heterocycles. The molecule has 17 heavy (non-hydrogen) atoms. The smallest absolute Gasteiger partial charge is 0.364 e. The summed E-state index contributed by atoms with van der Waals surface area (Å²) in [4.78, 5) is 27.8. The highest BCUT2D eigenvalue weighted by atomic mass is 32.2. The molecule has 0 amide bonds. The van der Waals surface area contributed by atoms with Crippen LogP contribution in [-0.4, -0.2) is 41.7 Å². The van der Waals surface area contributed by atoms with Crippen molar-refractivity contribution in [2.75, 3.05) is 18.1 Å². The molecule has 0 saturated carbocycles. The molecule has 0 atom stereocenters. The molecule has 0 unspecified atom stereocenters. The molecule has 5 nitrogen and oxygen atoms in total. The van der Waals surface area contributed by atoms with E-state index in [4.69, 9.17) is 9.57 Å². The Hall–Kier alpha value is -1.04. The lowest BCUT2D eigenvalue weighted by atomic mass is 10.2. The van der Waals surface area contributed by atoms with Gasteiger partial charge in [-0.2, -0.15) is 11.8 Å². The molecule has 1 fully saturated rings. The number of thioether (sulfide) groups is 1. The van der Waals surface area contributed by atoms with Crippen LogP contribution in [-0.2, 0) is 19.2 Å². The minimum Gasteiger partial charge on any atom is -0.461 e. The van der Waals surface area contributed by atoms with Crippen LogP contribution in [0, 0.1) is 0 Å². The van der Waals surface area contributed by atoms with Crippen LogP contribution < -0.4 is 0 Å². The summed E-state index contributed by atoms with van der Waals surface area (Å²) in [5.41, 5.74) is -0.259. The molecule has 0 N–H and O–H groups in total. The zero-order chi connectivity index (χ0) is 12.7. The van der Waals surface area contributed by atoms with Gasteiger partial charge in [0.15, 0.2) is 5.78 Å². The Kier molecular flexibility index (Phi) is 6.04. The van der Waals surface area contributed by atoms with Crippen molar-refractivity contribution in [1.29, 1.82) is 0 Å². The highest BCUT2D eigenvalue weighted by molar-refractivity contribution is 7.99. The number of carbonyl (C=O) groups is 2. The summed E-state index contributed by atoms with van der Waals surface area (Å²) in [6, 6.07) is 0. The van der Waals surface area contributed by atoms with Crippen molar-refractivity contribution in [3.63, 3.8) is 0 Å². The fourth-order valence-corrected chi connectivity index (χ4v) is 2.42. The summed E-state index contributed by atoms with van der Waals surface area (Å²) in [7, 11) is 0. The molecule has 0 aromatic carbocycles. The van der Waals surface area contributed by atoms with Crippen LogP contribution in [0.3, 0.4) is 0 Å². The van der Waals surface area contributed by atoms with Gasteiger partial charge in [-0.3, -0.25) is 4.79 Å². The van der Waals surface area contributed by atoms with Crippen LogP contribution in [0.2, 0.25) is 0 Å². The van der Waals surface area contributed by atoms with Gasteiger partial charge < -0.3 is 9.57 Å². The number of ketones is 1. The molecule has 0 aliphatic carbocycles. The molecule has 6 heteroatoms. The van der Waals surface area contributed by atoms with Gasteiger partial charge >= 0.3 is 5.97 Å². The Morgan fingerprint density at radius 1 is 1.35 bits per heavy atom. The van der Waals surface area contributed by atoms with E-state index in [0.29, 0.717) is 0 Å². The second-order valence-corrected chi connectivity index (χ2v) is 4.86. The maximum absolute atomic E-state index is 11.4. The van der Waals surface area contributed by atoms with Crippen molar-refractivity contribution in [3.8, 4) is 0 Å². The Morgan fingerprint density at radius 3 is 2.53 bits per heavy atom. The van der Waals surface area contributed by atoms with Gasteiger partial charge in [-0.1, -0.05) is 5.16 Å². The van der Waals surface area contributed by atoms with Crippen LogP contribution in [0.25, 0.3) is 0 Å².